The van der Waals surface area contributed by atoms with Gasteiger partial charge in [0, 0.05) is 51.6 Å². The molecule has 2 N–H and O–H groups in total. The van der Waals surface area contributed by atoms with Gasteiger partial charge in [0.15, 0.2) is 11.7 Å². The highest BCUT2D eigenvalue weighted by Gasteiger charge is 2.33. The van der Waals surface area contributed by atoms with Crippen molar-refractivity contribution in [3.8, 4) is 0 Å². The molecule has 1 aromatic heterocycles. The van der Waals surface area contributed by atoms with Crippen LogP contribution in [-0.4, -0.2) is 80.7 Å². The number of likely N-dealkylation sites (N-methyl/N-ethyl adjacent to an activating group) is 1. The van der Waals surface area contributed by atoms with Crippen LogP contribution in [0.3, 0.4) is 0 Å². The molecule has 0 amide bonds. The number of nitrogens with one attached hydrogen (secondary N) is 2. The Labute approximate surface area is 179 Å². The normalized spacial score (nSPS) is 17.3. The van der Waals surface area contributed by atoms with Gasteiger partial charge in [0.05, 0.1) is 5.01 Å². The summed E-state index contributed by atoms with van der Waals surface area (Å²) in [6, 6.07) is 0. The maximum atomic E-state index is 12.5. The summed E-state index contributed by atoms with van der Waals surface area (Å²) in [5.74, 6) is 0.657. The van der Waals surface area contributed by atoms with Crippen LogP contribution in [-0.2, 0) is 12.6 Å². The lowest BCUT2D eigenvalue weighted by atomic mass is 10.4. The molecule has 27 heavy (non-hydrogen) atoms. The van der Waals surface area contributed by atoms with E-state index in [0.717, 1.165) is 56.0 Å². The van der Waals surface area contributed by atoms with Crippen LogP contribution in [0.5, 0.6) is 0 Å². The third-order valence-electron chi connectivity index (χ3n) is 4.23. The Morgan fingerprint density at radius 2 is 1.96 bits per heavy atom. The van der Waals surface area contributed by atoms with E-state index in [0.29, 0.717) is 23.9 Å². The molecule has 156 valence electrons. The summed E-state index contributed by atoms with van der Waals surface area (Å²) in [6.07, 6.45) is -2.76. The highest BCUT2D eigenvalue weighted by atomic mass is 127. The molecule has 1 aliphatic rings. The summed E-state index contributed by atoms with van der Waals surface area (Å²) in [7, 11) is 3.83. The molecular weight excluding hydrogens is 492 g/mol. The Morgan fingerprint density at radius 3 is 2.63 bits per heavy atom. The van der Waals surface area contributed by atoms with Gasteiger partial charge in [-0.15, -0.1) is 35.3 Å². The maximum absolute atomic E-state index is 12.5. The van der Waals surface area contributed by atoms with E-state index >= 15 is 0 Å². The quantitative estimate of drug-likeness (QED) is 0.342. The zero-order chi connectivity index (χ0) is 19.0. The van der Waals surface area contributed by atoms with Crippen molar-refractivity contribution in [2.24, 2.45) is 4.99 Å². The lowest BCUT2D eigenvalue weighted by Crippen LogP contribution is -2.42. The fourth-order valence-electron chi connectivity index (χ4n) is 2.72. The van der Waals surface area contributed by atoms with Crippen molar-refractivity contribution in [1.82, 2.24) is 25.4 Å². The second-order valence-corrected chi connectivity index (χ2v) is 7.24. The molecule has 0 bridgehead atoms. The SMILES string of the molecule is CN=C(NCCc1nc(C(F)(F)F)cs1)NCCN1CCCN(C)CC1.I. The van der Waals surface area contributed by atoms with Crippen LogP contribution < -0.4 is 10.6 Å². The molecule has 6 nitrogen and oxygen atoms in total. The number of nitrogens with zero attached hydrogens (tertiary/aromatic N) is 4. The van der Waals surface area contributed by atoms with Crippen LogP contribution in [0.25, 0.3) is 0 Å². The second kappa shape index (κ2) is 12.0. The van der Waals surface area contributed by atoms with Gasteiger partial charge in [-0.2, -0.15) is 13.2 Å². The molecule has 1 aliphatic heterocycles. The largest absolute Gasteiger partial charge is 0.434 e. The number of alkyl halides is 3. The summed E-state index contributed by atoms with van der Waals surface area (Å²) in [5.41, 5.74) is -0.817. The third-order valence-corrected chi connectivity index (χ3v) is 5.14. The molecule has 1 fully saturated rings. The molecule has 1 saturated heterocycles. The third kappa shape index (κ3) is 8.92. The molecule has 2 rings (SSSR count). The van der Waals surface area contributed by atoms with Gasteiger partial charge in [-0.05, 0) is 26.6 Å². The first-order valence-corrected chi connectivity index (χ1v) is 9.63. The molecule has 1 aromatic rings. The van der Waals surface area contributed by atoms with Crippen LogP contribution >= 0.6 is 35.3 Å². The highest BCUT2D eigenvalue weighted by Crippen LogP contribution is 2.29. The molecule has 0 unspecified atom stereocenters. The Hall–Kier alpha value is -0.660. The average Bonchev–Trinajstić information content (AvgIpc) is 2.97. The van der Waals surface area contributed by atoms with Gasteiger partial charge in [0.2, 0.25) is 0 Å². The van der Waals surface area contributed by atoms with E-state index in [1.807, 2.05) is 0 Å². The topological polar surface area (TPSA) is 55.8 Å². The molecule has 0 radical (unpaired) electrons. The summed E-state index contributed by atoms with van der Waals surface area (Å²) >= 11 is 1.03. The monoisotopic (exact) mass is 520 g/mol. The molecule has 0 aromatic carbocycles. The Bertz CT molecular complexity index is 581. The van der Waals surface area contributed by atoms with Crippen molar-refractivity contribution in [2.75, 3.05) is 59.9 Å². The summed E-state index contributed by atoms with van der Waals surface area (Å²) in [4.78, 5) is 12.5. The van der Waals surface area contributed by atoms with Crippen molar-refractivity contribution in [3.05, 3.63) is 16.1 Å². The Morgan fingerprint density at radius 1 is 1.22 bits per heavy atom. The maximum Gasteiger partial charge on any atom is 0.434 e. The van der Waals surface area contributed by atoms with E-state index in [1.54, 1.807) is 7.05 Å². The second-order valence-electron chi connectivity index (χ2n) is 6.30. The number of thiazole rings is 1. The molecule has 0 spiro atoms. The lowest BCUT2D eigenvalue weighted by Gasteiger charge is -2.21. The van der Waals surface area contributed by atoms with E-state index in [9.17, 15) is 13.2 Å². The Kier molecular flexibility index (Phi) is 10.9. The standard InChI is InChI=1S/C16H27F3N6S.HI/c1-20-15(22-6-9-25-8-3-7-24(2)10-11-25)21-5-4-14-23-13(12-26-14)16(17,18)19;/h12H,3-11H2,1-2H3,(H2,20,21,22);1H. The summed E-state index contributed by atoms with van der Waals surface area (Å²) in [6.45, 7) is 6.59. The fraction of sp³-hybridized carbons (Fsp3) is 0.750. The molecular formula is C16H28F3IN6S. The number of aliphatic imine (C=N–C) groups is 1. The van der Waals surface area contributed by atoms with Gasteiger partial charge in [-0.1, -0.05) is 0 Å². The van der Waals surface area contributed by atoms with E-state index in [1.165, 1.54) is 6.42 Å². The van der Waals surface area contributed by atoms with Crippen LogP contribution in [0.1, 0.15) is 17.1 Å². The molecule has 11 heteroatoms. The van der Waals surface area contributed by atoms with Gasteiger partial charge in [-0.3, -0.25) is 4.99 Å². The van der Waals surface area contributed by atoms with E-state index < -0.39 is 11.9 Å². The minimum absolute atomic E-state index is 0. The van der Waals surface area contributed by atoms with Gasteiger partial charge in [0.1, 0.15) is 0 Å². The summed E-state index contributed by atoms with van der Waals surface area (Å²) in [5, 5.41) is 7.89. The first kappa shape index (κ1) is 24.4. The van der Waals surface area contributed by atoms with Gasteiger partial charge in [-0.25, -0.2) is 4.98 Å². The zero-order valence-corrected chi connectivity index (χ0v) is 18.8. The minimum atomic E-state index is -4.37. The number of guanidine groups is 1. The first-order valence-electron chi connectivity index (χ1n) is 8.75. The lowest BCUT2D eigenvalue weighted by molar-refractivity contribution is -0.140. The number of hydrogen-bond donors (Lipinski definition) is 2. The van der Waals surface area contributed by atoms with Gasteiger partial charge in [0.25, 0.3) is 0 Å². The van der Waals surface area contributed by atoms with Crippen molar-refractivity contribution in [2.45, 2.75) is 19.0 Å². The van der Waals surface area contributed by atoms with Gasteiger partial charge < -0.3 is 20.4 Å². The predicted octanol–water partition coefficient (Wildman–Crippen LogP) is 2.12. The zero-order valence-electron chi connectivity index (χ0n) is 15.7. The van der Waals surface area contributed by atoms with Crippen LogP contribution in [0.2, 0.25) is 0 Å². The number of aromatic nitrogens is 1. The van der Waals surface area contributed by atoms with Crippen LogP contribution in [0.15, 0.2) is 10.4 Å². The number of rotatable bonds is 6. The van der Waals surface area contributed by atoms with Gasteiger partial charge >= 0.3 is 6.18 Å². The van der Waals surface area contributed by atoms with E-state index in [4.69, 9.17) is 0 Å². The van der Waals surface area contributed by atoms with Crippen LogP contribution in [0, 0.1) is 0 Å². The molecule has 0 saturated carbocycles. The predicted molar refractivity (Wildman–Crippen MR) is 114 cm³/mol. The fourth-order valence-corrected chi connectivity index (χ4v) is 3.53. The summed E-state index contributed by atoms with van der Waals surface area (Å²) < 4.78 is 37.6. The van der Waals surface area contributed by atoms with E-state index in [2.05, 4.69) is 37.5 Å². The number of halogens is 4. The molecule has 2 heterocycles. The van der Waals surface area contributed by atoms with E-state index in [-0.39, 0.29) is 24.0 Å². The molecule has 0 aliphatic carbocycles. The Balaban J connectivity index is 0.00000364. The van der Waals surface area contributed by atoms with Crippen molar-refractivity contribution in [3.63, 3.8) is 0 Å². The van der Waals surface area contributed by atoms with Crippen molar-refractivity contribution < 1.29 is 13.2 Å². The minimum Gasteiger partial charge on any atom is -0.356 e. The van der Waals surface area contributed by atoms with Crippen LogP contribution in [0.4, 0.5) is 13.2 Å². The smallest absolute Gasteiger partial charge is 0.356 e. The van der Waals surface area contributed by atoms with Crippen molar-refractivity contribution in [1.29, 1.82) is 0 Å². The average molecular weight is 520 g/mol. The molecule has 0 atom stereocenters. The van der Waals surface area contributed by atoms with Crippen molar-refractivity contribution >= 4 is 41.3 Å². The first-order chi connectivity index (χ1) is 12.4. The highest BCUT2D eigenvalue weighted by molar-refractivity contribution is 14.0. The number of hydrogen-bond acceptors (Lipinski definition) is 5.